The van der Waals surface area contributed by atoms with Crippen molar-refractivity contribution < 1.29 is 23.7 Å². The number of nitrogens with two attached hydrogens (primary N) is 1. The second-order valence-electron chi connectivity index (χ2n) is 5.37. The molecule has 7 heteroatoms. The molecule has 27 heavy (non-hydrogen) atoms. The van der Waals surface area contributed by atoms with Crippen LogP contribution in [0.4, 0.5) is 5.69 Å². The van der Waals surface area contributed by atoms with Gasteiger partial charge in [-0.15, -0.1) is 6.42 Å². The van der Waals surface area contributed by atoms with E-state index in [1.54, 1.807) is 6.07 Å². The summed E-state index contributed by atoms with van der Waals surface area (Å²) in [5, 5.41) is 8.32. The van der Waals surface area contributed by atoms with Crippen LogP contribution in [-0.2, 0) is 0 Å². The summed E-state index contributed by atoms with van der Waals surface area (Å²) >= 11 is 0. The highest BCUT2D eigenvalue weighted by Crippen LogP contribution is 2.38. The second kappa shape index (κ2) is 8.15. The van der Waals surface area contributed by atoms with Gasteiger partial charge in [-0.3, -0.25) is 10.2 Å². The summed E-state index contributed by atoms with van der Waals surface area (Å²) in [4.78, 5) is 12.9. The van der Waals surface area contributed by atoms with Gasteiger partial charge in [0.1, 0.15) is 11.5 Å². The molecule has 0 bridgehead atoms. The number of ether oxygens (including phenoxy) is 4. The third kappa shape index (κ3) is 3.51. The minimum absolute atomic E-state index is 0.127. The summed E-state index contributed by atoms with van der Waals surface area (Å²) in [6, 6.07) is 6.03. The molecule has 0 fully saturated rings. The van der Waals surface area contributed by atoms with E-state index in [1.807, 2.05) is 0 Å². The monoisotopic (exact) mass is 368 g/mol. The molecule has 0 unspecified atom stereocenters. The van der Waals surface area contributed by atoms with Crippen molar-refractivity contribution in [1.82, 2.24) is 0 Å². The minimum atomic E-state index is -0.575. The molecule has 0 aliphatic heterocycles. The molecule has 0 spiro atoms. The summed E-state index contributed by atoms with van der Waals surface area (Å²) in [5.74, 6) is 3.21. The van der Waals surface area contributed by atoms with Crippen LogP contribution in [0.2, 0.25) is 0 Å². The predicted octanol–water partition coefficient (Wildman–Crippen LogP) is 2.54. The highest BCUT2D eigenvalue weighted by atomic mass is 16.5. The van der Waals surface area contributed by atoms with Crippen LogP contribution in [0.15, 0.2) is 24.3 Å². The molecular weight excluding hydrogens is 348 g/mol. The van der Waals surface area contributed by atoms with Gasteiger partial charge in [0.25, 0.3) is 0 Å². The van der Waals surface area contributed by atoms with Gasteiger partial charge in [0.2, 0.25) is 11.5 Å². The Morgan fingerprint density at radius 1 is 1.00 bits per heavy atom. The maximum Gasteiger partial charge on any atom is 0.211 e. The van der Waals surface area contributed by atoms with E-state index in [0.29, 0.717) is 23.0 Å². The van der Waals surface area contributed by atoms with Crippen LogP contribution < -0.4 is 24.7 Å². The number of rotatable bonds is 7. The zero-order valence-corrected chi connectivity index (χ0v) is 15.5. The van der Waals surface area contributed by atoms with Crippen molar-refractivity contribution in [1.29, 1.82) is 5.41 Å². The number of nitrogens with one attached hydrogen (secondary N) is 1. The van der Waals surface area contributed by atoms with Crippen LogP contribution in [0.1, 0.15) is 21.5 Å². The lowest BCUT2D eigenvalue weighted by molar-refractivity contribution is 0.106. The van der Waals surface area contributed by atoms with Crippen molar-refractivity contribution in [2.24, 2.45) is 0 Å². The van der Waals surface area contributed by atoms with E-state index in [4.69, 9.17) is 36.5 Å². The van der Waals surface area contributed by atoms with E-state index in [0.717, 1.165) is 0 Å². The van der Waals surface area contributed by atoms with Crippen LogP contribution in [0, 0.1) is 17.8 Å². The standard InChI is InChI=1S/C20H20N2O5/c1-6-12-14(24-2)8-7-13(17(12)21)18(22)19(23)11-9-15(25-3)20(27-5)16(10-11)26-4/h1,7-10,22H,21H2,2-5H3. The van der Waals surface area contributed by atoms with Crippen molar-refractivity contribution in [3.8, 4) is 35.3 Å². The Kier molecular flexibility index (Phi) is 5.93. The number of benzene rings is 2. The molecule has 0 atom stereocenters. The summed E-state index contributed by atoms with van der Waals surface area (Å²) in [5.41, 5.74) is 6.56. The molecule has 2 aromatic rings. The molecule has 0 radical (unpaired) electrons. The maximum absolute atomic E-state index is 12.9. The van der Waals surface area contributed by atoms with Crippen molar-refractivity contribution in [3.05, 3.63) is 41.0 Å². The number of hydrogen-bond donors (Lipinski definition) is 2. The summed E-state index contributed by atoms with van der Waals surface area (Å²) in [6.45, 7) is 0. The first-order chi connectivity index (χ1) is 12.9. The van der Waals surface area contributed by atoms with Crippen LogP contribution in [0.3, 0.4) is 0 Å². The molecular formula is C20H20N2O5. The van der Waals surface area contributed by atoms with Gasteiger partial charge in [-0.1, -0.05) is 5.92 Å². The second-order valence-corrected chi connectivity index (χ2v) is 5.37. The molecule has 0 aromatic heterocycles. The van der Waals surface area contributed by atoms with Crippen LogP contribution in [0.5, 0.6) is 23.0 Å². The van der Waals surface area contributed by atoms with Gasteiger partial charge in [-0.25, -0.2) is 0 Å². The summed E-state index contributed by atoms with van der Waals surface area (Å²) in [7, 11) is 5.81. The molecule has 0 amide bonds. The van der Waals surface area contributed by atoms with Crippen molar-refractivity contribution in [2.45, 2.75) is 0 Å². The molecule has 140 valence electrons. The van der Waals surface area contributed by atoms with E-state index in [9.17, 15) is 4.79 Å². The number of ketones is 1. The summed E-state index contributed by atoms with van der Waals surface area (Å²) in [6.07, 6.45) is 5.48. The number of terminal acetylenes is 1. The highest BCUT2D eigenvalue weighted by Gasteiger charge is 2.23. The Labute approximate surface area is 157 Å². The third-order valence-electron chi connectivity index (χ3n) is 3.99. The minimum Gasteiger partial charge on any atom is -0.495 e. The molecule has 2 rings (SSSR count). The smallest absolute Gasteiger partial charge is 0.211 e. The Balaban J connectivity index is 2.53. The number of nitrogen functional groups attached to an aromatic ring is 1. The number of hydrogen-bond acceptors (Lipinski definition) is 7. The molecule has 0 aliphatic rings. The van der Waals surface area contributed by atoms with Crippen molar-refractivity contribution >= 4 is 17.2 Å². The van der Waals surface area contributed by atoms with Crippen molar-refractivity contribution in [3.63, 3.8) is 0 Å². The molecule has 7 nitrogen and oxygen atoms in total. The molecule has 0 heterocycles. The highest BCUT2D eigenvalue weighted by molar-refractivity contribution is 6.51. The van der Waals surface area contributed by atoms with Gasteiger partial charge in [0.15, 0.2) is 11.5 Å². The normalized spacial score (nSPS) is 9.89. The Morgan fingerprint density at radius 2 is 1.56 bits per heavy atom. The largest absolute Gasteiger partial charge is 0.495 e. The molecule has 3 N–H and O–H groups in total. The maximum atomic E-state index is 12.9. The zero-order chi connectivity index (χ0) is 20.1. The van der Waals surface area contributed by atoms with E-state index < -0.39 is 5.78 Å². The van der Waals surface area contributed by atoms with E-state index in [1.165, 1.54) is 46.6 Å². The van der Waals surface area contributed by atoms with Crippen LogP contribution in [0.25, 0.3) is 0 Å². The fourth-order valence-electron chi connectivity index (χ4n) is 2.62. The quantitative estimate of drug-likeness (QED) is 0.337. The average molecular weight is 368 g/mol. The van der Waals surface area contributed by atoms with Crippen LogP contribution >= 0.6 is 0 Å². The van der Waals surface area contributed by atoms with Gasteiger partial charge >= 0.3 is 0 Å². The van der Waals surface area contributed by atoms with Gasteiger partial charge in [-0.05, 0) is 24.3 Å². The number of methoxy groups -OCH3 is 4. The Bertz CT molecular complexity index is 919. The third-order valence-corrected chi connectivity index (χ3v) is 3.99. The molecule has 0 saturated heterocycles. The lowest BCUT2D eigenvalue weighted by atomic mass is 9.96. The fourth-order valence-corrected chi connectivity index (χ4v) is 2.62. The first kappa shape index (κ1) is 19.7. The molecule has 2 aromatic carbocycles. The zero-order valence-electron chi connectivity index (χ0n) is 15.5. The SMILES string of the molecule is C#Cc1c(OC)ccc(C(=N)C(=O)c2cc(OC)c(OC)c(OC)c2)c1N. The Hall–Kier alpha value is -3.66. The lowest BCUT2D eigenvalue weighted by Crippen LogP contribution is -2.17. The number of anilines is 1. The topological polar surface area (TPSA) is 104 Å². The van der Waals surface area contributed by atoms with Gasteiger partial charge in [0.05, 0.1) is 39.7 Å². The van der Waals surface area contributed by atoms with Crippen LogP contribution in [-0.4, -0.2) is 39.9 Å². The summed E-state index contributed by atoms with van der Waals surface area (Å²) < 4.78 is 20.9. The molecule has 0 aliphatic carbocycles. The van der Waals surface area contributed by atoms with Crippen molar-refractivity contribution in [2.75, 3.05) is 34.2 Å². The predicted molar refractivity (Wildman–Crippen MR) is 103 cm³/mol. The fraction of sp³-hybridized carbons (Fsp3) is 0.200. The first-order valence-electron chi connectivity index (χ1n) is 7.80. The van der Waals surface area contributed by atoms with E-state index in [2.05, 4.69) is 5.92 Å². The van der Waals surface area contributed by atoms with Gasteiger partial charge < -0.3 is 24.7 Å². The molecule has 0 saturated carbocycles. The average Bonchev–Trinajstić information content (AvgIpc) is 2.70. The number of carbonyl (C=O) groups is 1. The van der Waals surface area contributed by atoms with E-state index >= 15 is 0 Å². The Morgan fingerprint density at radius 3 is 2.00 bits per heavy atom. The first-order valence-corrected chi connectivity index (χ1v) is 7.80. The lowest BCUT2D eigenvalue weighted by Gasteiger charge is -2.15. The van der Waals surface area contributed by atoms with Gasteiger partial charge in [0, 0.05) is 11.1 Å². The number of carbonyl (C=O) groups excluding carboxylic acids is 1. The van der Waals surface area contributed by atoms with E-state index in [-0.39, 0.29) is 28.1 Å². The van der Waals surface area contributed by atoms with Gasteiger partial charge in [-0.2, -0.15) is 0 Å². The number of Topliss-reactive ketones (excluding diaryl/α,β-unsaturated/α-hetero) is 1.